The van der Waals surface area contributed by atoms with Crippen molar-refractivity contribution in [1.29, 1.82) is 0 Å². The fourth-order valence-corrected chi connectivity index (χ4v) is 3.30. The molecule has 0 bridgehead atoms. The number of carbonyl (C=O) groups excluding carboxylic acids is 2. The van der Waals surface area contributed by atoms with E-state index in [1.165, 1.54) is 25.3 Å². The van der Waals surface area contributed by atoms with Gasteiger partial charge in [0.2, 0.25) is 5.75 Å². The SMILES string of the molecule is COc1ccc(OC(=O)C2CCCN(C(=O)c3ccc(Cl)cc3)C2)c([N+](=O)[O-])c1. The van der Waals surface area contributed by atoms with Crippen LogP contribution in [0.4, 0.5) is 5.69 Å². The molecule has 1 heterocycles. The second-order valence-electron chi connectivity index (χ2n) is 6.61. The minimum atomic E-state index is -0.637. The number of carbonyl (C=O) groups is 2. The third-order valence-corrected chi connectivity index (χ3v) is 4.96. The Morgan fingerprint density at radius 1 is 1.21 bits per heavy atom. The molecule has 1 saturated heterocycles. The van der Waals surface area contributed by atoms with Crippen LogP contribution in [0.3, 0.4) is 0 Å². The zero-order valence-corrected chi connectivity index (χ0v) is 16.4. The summed E-state index contributed by atoms with van der Waals surface area (Å²) in [5, 5.41) is 11.8. The normalized spacial score (nSPS) is 16.2. The number of amides is 1. The molecular formula is C20H19ClN2O6. The molecule has 29 heavy (non-hydrogen) atoms. The van der Waals surface area contributed by atoms with Gasteiger partial charge in [-0.15, -0.1) is 0 Å². The summed E-state index contributed by atoms with van der Waals surface area (Å²) in [6.45, 7) is 0.707. The van der Waals surface area contributed by atoms with Crippen molar-refractivity contribution in [2.75, 3.05) is 20.2 Å². The quantitative estimate of drug-likeness (QED) is 0.317. The summed E-state index contributed by atoms with van der Waals surface area (Å²) in [6.07, 6.45) is 1.16. The second kappa shape index (κ2) is 8.91. The first-order chi connectivity index (χ1) is 13.9. The molecule has 1 aliphatic rings. The number of halogens is 1. The Morgan fingerprint density at radius 2 is 1.93 bits per heavy atom. The maximum atomic E-state index is 12.7. The Balaban J connectivity index is 1.71. The highest BCUT2D eigenvalue weighted by Gasteiger charge is 2.31. The van der Waals surface area contributed by atoms with Gasteiger partial charge in [-0.25, -0.2) is 0 Å². The number of ether oxygens (including phenoxy) is 2. The van der Waals surface area contributed by atoms with Gasteiger partial charge >= 0.3 is 11.7 Å². The summed E-state index contributed by atoms with van der Waals surface area (Å²) in [6, 6.07) is 10.5. The molecule has 8 nitrogen and oxygen atoms in total. The van der Waals surface area contributed by atoms with E-state index < -0.39 is 16.8 Å². The summed E-state index contributed by atoms with van der Waals surface area (Å²) in [5.74, 6) is -1.24. The number of nitrogens with zero attached hydrogens (tertiary/aromatic N) is 2. The van der Waals surface area contributed by atoms with E-state index in [9.17, 15) is 19.7 Å². The molecule has 152 valence electrons. The predicted molar refractivity (Wildman–Crippen MR) is 105 cm³/mol. The average molecular weight is 419 g/mol. The molecule has 1 amide bonds. The van der Waals surface area contributed by atoms with Crippen molar-refractivity contribution in [3.8, 4) is 11.5 Å². The van der Waals surface area contributed by atoms with Crippen LogP contribution in [0, 0.1) is 16.0 Å². The highest BCUT2D eigenvalue weighted by atomic mass is 35.5. The number of nitro benzene ring substituents is 1. The van der Waals surface area contributed by atoms with Crippen LogP contribution >= 0.6 is 11.6 Å². The van der Waals surface area contributed by atoms with Gasteiger partial charge in [-0.1, -0.05) is 11.6 Å². The molecule has 1 aliphatic heterocycles. The maximum Gasteiger partial charge on any atom is 0.316 e. The van der Waals surface area contributed by atoms with Crippen molar-refractivity contribution in [1.82, 2.24) is 4.90 Å². The Bertz CT molecular complexity index is 931. The number of esters is 1. The van der Waals surface area contributed by atoms with Crippen LogP contribution in [0.5, 0.6) is 11.5 Å². The van der Waals surface area contributed by atoms with Crippen LogP contribution in [0.1, 0.15) is 23.2 Å². The van der Waals surface area contributed by atoms with Crippen molar-refractivity contribution >= 4 is 29.2 Å². The van der Waals surface area contributed by atoms with E-state index in [0.717, 1.165) is 0 Å². The first-order valence-corrected chi connectivity index (χ1v) is 9.36. The lowest BCUT2D eigenvalue weighted by atomic mass is 9.97. The zero-order chi connectivity index (χ0) is 21.0. The molecule has 1 unspecified atom stereocenters. The van der Waals surface area contributed by atoms with E-state index in [0.29, 0.717) is 30.0 Å². The Morgan fingerprint density at radius 3 is 2.59 bits per heavy atom. The number of hydrogen-bond donors (Lipinski definition) is 0. The van der Waals surface area contributed by atoms with Gasteiger partial charge in [-0.05, 0) is 49.2 Å². The van der Waals surface area contributed by atoms with E-state index in [1.807, 2.05) is 0 Å². The zero-order valence-electron chi connectivity index (χ0n) is 15.7. The third-order valence-electron chi connectivity index (χ3n) is 4.71. The molecule has 2 aromatic carbocycles. The summed E-state index contributed by atoms with van der Waals surface area (Å²) >= 11 is 5.86. The number of methoxy groups -OCH3 is 1. The second-order valence-corrected chi connectivity index (χ2v) is 7.05. The van der Waals surface area contributed by atoms with Crippen molar-refractivity contribution in [3.63, 3.8) is 0 Å². The lowest BCUT2D eigenvalue weighted by molar-refractivity contribution is -0.385. The number of benzene rings is 2. The maximum absolute atomic E-state index is 12.7. The Labute approximate surface area is 172 Å². The van der Waals surface area contributed by atoms with Crippen LogP contribution in [0.25, 0.3) is 0 Å². The van der Waals surface area contributed by atoms with Gasteiger partial charge in [0.15, 0.2) is 0 Å². The van der Waals surface area contributed by atoms with Crippen molar-refractivity contribution < 1.29 is 24.0 Å². The van der Waals surface area contributed by atoms with Gasteiger partial charge in [0.1, 0.15) is 5.75 Å². The highest BCUT2D eigenvalue weighted by Crippen LogP contribution is 2.32. The standard InChI is InChI=1S/C20H19ClN2O6/c1-28-16-8-9-18(17(11-16)23(26)27)29-20(25)14-3-2-10-22(12-14)19(24)13-4-6-15(21)7-5-13/h4-9,11,14H,2-3,10,12H2,1H3. The van der Waals surface area contributed by atoms with E-state index in [4.69, 9.17) is 21.1 Å². The molecule has 3 rings (SSSR count). The van der Waals surface area contributed by atoms with Crippen LogP contribution < -0.4 is 9.47 Å². The molecule has 0 N–H and O–H groups in total. The first kappa shape index (κ1) is 20.6. The van der Waals surface area contributed by atoms with Crippen LogP contribution in [-0.2, 0) is 4.79 Å². The monoisotopic (exact) mass is 418 g/mol. The molecule has 0 aromatic heterocycles. The predicted octanol–water partition coefficient (Wildman–Crippen LogP) is 3.71. The lowest BCUT2D eigenvalue weighted by Crippen LogP contribution is -2.43. The molecule has 9 heteroatoms. The molecule has 0 spiro atoms. The van der Waals surface area contributed by atoms with Crippen molar-refractivity contribution in [3.05, 3.63) is 63.2 Å². The smallest absolute Gasteiger partial charge is 0.316 e. The van der Waals surface area contributed by atoms with Gasteiger partial charge in [0.05, 0.1) is 24.0 Å². The van der Waals surface area contributed by atoms with Crippen LogP contribution in [-0.4, -0.2) is 41.9 Å². The fourth-order valence-electron chi connectivity index (χ4n) is 3.17. The fraction of sp³-hybridized carbons (Fsp3) is 0.300. The topological polar surface area (TPSA) is 99.0 Å². The van der Waals surface area contributed by atoms with E-state index >= 15 is 0 Å². The number of nitro groups is 1. The largest absolute Gasteiger partial charge is 0.496 e. The van der Waals surface area contributed by atoms with Crippen molar-refractivity contribution in [2.24, 2.45) is 5.92 Å². The molecule has 1 atom stereocenters. The van der Waals surface area contributed by atoms with Gasteiger partial charge in [-0.3, -0.25) is 19.7 Å². The van der Waals surface area contributed by atoms with E-state index in [-0.39, 0.29) is 29.6 Å². The molecule has 0 aliphatic carbocycles. The van der Waals surface area contributed by atoms with Crippen LogP contribution in [0.15, 0.2) is 42.5 Å². The molecular weight excluding hydrogens is 400 g/mol. The summed E-state index contributed by atoms with van der Waals surface area (Å²) in [5.41, 5.74) is 0.122. The molecule has 0 radical (unpaired) electrons. The third kappa shape index (κ3) is 4.83. The van der Waals surface area contributed by atoms with Crippen LogP contribution in [0.2, 0.25) is 5.02 Å². The molecule has 0 saturated carbocycles. The summed E-state index contributed by atoms with van der Waals surface area (Å²) in [7, 11) is 1.39. The summed E-state index contributed by atoms with van der Waals surface area (Å²) in [4.78, 5) is 37.5. The Hall–Kier alpha value is -3.13. The first-order valence-electron chi connectivity index (χ1n) is 8.98. The van der Waals surface area contributed by atoms with Gasteiger partial charge in [0.25, 0.3) is 5.91 Å². The van der Waals surface area contributed by atoms with Gasteiger partial charge in [0, 0.05) is 23.7 Å². The molecule has 1 fully saturated rings. The Kier molecular flexibility index (Phi) is 6.33. The molecule has 2 aromatic rings. The highest BCUT2D eigenvalue weighted by molar-refractivity contribution is 6.30. The van der Waals surface area contributed by atoms with Gasteiger partial charge in [-0.2, -0.15) is 0 Å². The number of likely N-dealkylation sites (tertiary alicyclic amines) is 1. The number of hydrogen-bond acceptors (Lipinski definition) is 6. The van der Waals surface area contributed by atoms with E-state index in [1.54, 1.807) is 29.2 Å². The van der Waals surface area contributed by atoms with E-state index in [2.05, 4.69) is 0 Å². The van der Waals surface area contributed by atoms with Crippen molar-refractivity contribution in [2.45, 2.75) is 12.8 Å². The summed E-state index contributed by atoms with van der Waals surface area (Å²) < 4.78 is 10.3. The average Bonchev–Trinajstić information content (AvgIpc) is 2.74. The minimum Gasteiger partial charge on any atom is -0.496 e. The number of rotatable bonds is 5. The van der Waals surface area contributed by atoms with Gasteiger partial charge < -0.3 is 14.4 Å². The lowest BCUT2D eigenvalue weighted by Gasteiger charge is -2.31. The number of piperidine rings is 1. The minimum absolute atomic E-state index is 0.151.